The minimum Gasteiger partial charge on any atom is -0.366 e. The molecule has 2 amide bonds. The van der Waals surface area contributed by atoms with Crippen molar-refractivity contribution < 1.29 is 14.0 Å². The number of nitrogens with two attached hydrogens (primary N) is 1. The van der Waals surface area contributed by atoms with Crippen LogP contribution in [0.5, 0.6) is 0 Å². The van der Waals surface area contributed by atoms with Crippen molar-refractivity contribution in [2.75, 3.05) is 11.1 Å². The van der Waals surface area contributed by atoms with Crippen LogP contribution in [0, 0.1) is 5.82 Å². The molecule has 1 aromatic carbocycles. The molecule has 1 atom stereocenters. The molecule has 4 nitrogen and oxygen atoms in total. The number of halogens is 1. The van der Waals surface area contributed by atoms with Gasteiger partial charge in [-0.1, -0.05) is 18.2 Å². The highest BCUT2D eigenvalue weighted by molar-refractivity contribution is 8.00. The van der Waals surface area contributed by atoms with Gasteiger partial charge in [0.05, 0.1) is 11.3 Å². The Balaban J connectivity index is 1.92. The van der Waals surface area contributed by atoms with Crippen molar-refractivity contribution in [3.8, 4) is 0 Å². The smallest absolute Gasteiger partial charge is 0.251 e. The van der Waals surface area contributed by atoms with Gasteiger partial charge in [0, 0.05) is 10.8 Å². The molecule has 0 aliphatic rings. The molecule has 0 saturated heterocycles. The molecule has 0 bridgehead atoms. The molecule has 22 heavy (non-hydrogen) atoms. The Morgan fingerprint density at radius 1 is 1.36 bits per heavy atom. The molecule has 1 heterocycles. The Kier molecular flexibility index (Phi) is 5.57. The quantitative estimate of drug-likeness (QED) is 0.848. The zero-order valence-corrected chi connectivity index (χ0v) is 13.5. The number of rotatable bonds is 6. The van der Waals surface area contributed by atoms with Crippen LogP contribution in [-0.2, 0) is 4.79 Å². The van der Waals surface area contributed by atoms with Gasteiger partial charge in [0.25, 0.3) is 5.91 Å². The van der Waals surface area contributed by atoms with E-state index in [0.29, 0.717) is 16.1 Å². The fourth-order valence-electron chi connectivity index (χ4n) is 1.86. The molecule has 7 heteroatoms. The first kappa shape index (κ1) is 16.5. The van der Waals surface area contributed by atoms with Gasteiger partial charge in [0.1, 0.15) is 10.8 Å². The van der Waals surface area contributed by atoms with E-state index in [1.165, 1.54) is 29.2 Å². The number of carbonyl (C=O) groups excluding carboxylic acids is 2. The summed E-state index contributed by atoms with van der Waals surface area (Å²) in [4.78, 5) is 23.1. The Bertz CT molecular complexity index is 688. The summed E-state index contributed by atoms with van der Waals surface area (Å²) in [7, 11) is 0. The van der Waals surface area contributed by atoms with Crippen LogP contribution in [0.3, 0.4) is 0 Å². The van der Waals surface area contributed by atoms with E-state index in [1.54, 1.807) is 29.6 Å². The fourth-order valence-corrected chi connectivity index (χ4v) is 3.51. The van der Waals surface area contributed by atoms with Crippen molar-refractivity contribution in [2.24, 2.45) is 5.73 Å². The average Bonchev–Trinajstić information content (AvgIpc) is 2.93. The number of thiophene rings is 1. The zero-order chi connectivity index (χ0) is 16.1. The summed E-state index contributed by atoms with van der Waals surface area (Å²) in [6.07, 6.45) is 0. The second-order valence-electron chi connectivity index (χ2n) is 4.55. The lowest BCUT2D eigenvalue weighted by Gasteiger charge is -2.12. The van der Waals surface area contributed by atoms with Crippen molar-refractivity contribution in [1.29, 1.82) is 0 Å². The van der Waals surface area contributed by atoms with Gasteiger partial charge in [-0.3, -0.25) is 9.59 Å². The summed E-state index contributed by atoms with van der Waals surface area (Å²) < 4.78 is 13.6. The van der Waals surface area contributed by atoms with Gasteiger partial charge in [-0.2, -0.15) is 0 Å². The molecule has 0 aliphatic carbocycles. The Labute approximate surface area is 135 Å². The highest BCUT2D eigenvalue weighted by Crippen LogP contribution is 2.30. The molecule has 2 aromatic rings. The van der Waals surface area contributed by atoms with E-state index in [1.807, 2.05) is 6.92 Å². The van der Waals surface area contributed by atoms with Crippen LogP contribution in [0.1, 0.15) is 28.1 Å². The maximum Gasteiger partial charge on any atom is 0.251 e. The number of hydrogen-bond donors (Lipinski definition) is 2. The molecule has 0 aliphatic heterocycles. The normalized spacial score (nSPS) is 11.9. The van der Waals surface area contributed by atoms with E-state index in [9.17, 15) is 14.0 Å². The standard InChI is InChI=1S/C15H15FN2O2S2/c1-9(10-4-2-3-5-12(10)16)22-8-13(19)18-15-11(14(17)20)6-7-21-15/h2-7,9H,8H2,1H3,(H2,17,20)(H,18,19). The number of hydrogen-bond acceptors (Lipinski definition) is 4. The lowest BCUT2D eigenvalue weighted by atomic mass is 10.1. The molecule has 1 aromatic heterocycles. The first-order chi connectivity index (χ1) is 10.5. The summed E-state index contributed by atoms with van der Waals surface area (Å²) in [5.74, 6) is -0.953. The van der Waals surface area contributed by atoms with Crippen molar-refractivity contribution in [3.05, 3.63) is 52.7 Å². The summed E-state index contributed by atoms with van der Waals surface area (Å²) in [6, 6.07) is 8.07. The van der Waals surface area contributed by atoms with Crippen molar-refractivity contribution >= 4 is 39.9 Å². The molecule has 116 valence electrons. The third kappa shape index (κ3) is 4.08. The Hall–Kier alpha value is -1.86. The zero-order valence-electron chi connectivity index (χ0n) is 11.8. The Morgan fingerprint density at radius 3 is 2.77 bits per heavy atom. The summed E-state index contributed by atoms with van der Waals surface area (Å²) in [5.41, 5.74) is 6.08. The molecule has 0 radical (unpaired) electrons. The third-order valence-corrected chi connectivity index (χ3v) is 5.00. The Morgan fingerprint density at radius 2 is 2.09 bits per heavy atom. The van der Waals surface area contributed by atoms with E-state index in [2.05, 4.69) is 5.32 Å². The van der Waals surface area contributed by atoms with Gasteiger partial charge in [-0.15, -0.1) is 23.1 Å². The molecular formula is C15H15FN2O2S2. The van der Waals surface area contributed by atoms with Crippen LogP contribution in [0.4, 0.5) is 9.39 Å². The molecular weight excluding hydrogens is 323 g/mol. The van der Waals surface area contributed by atoms with Crippen molar-refractivity contribution in [3.63, 3.8) is 0 Å². The maximum atomic E-state index is 13.6. The number of primary amides is 1. The van der Waals surface area contributed by atoms with Crippen molar-refractivity contribution in [1.82, 2.24) is 0 Å². The second kappa shape index (κ2) is 7.42. The molecule has 2 rings (SSSR count). The van der Waals surface area contributed by atoms with E-state index in [4.69, 9.17) is 5.73 Å². The molecule has 3 N–H and O–H groups in total. The number of amides is 2. The largest absolute Gasteiger partial charge is 0.366 e. The fraction of sp³-hybridized carbons (Fsp3) is 0.200. The summed E-state index contributed by atoms with van der Waals surface area (Å²) in [5, 5.41) is 4.64. The van der Waals surface area contributed by atoms with Crippen molar-refractivity contribution in [2.45, 2.75) is 12.2 Å². The minimum absolute atomic E-state index is 0.147. The predicted molar refractivity (Wildman–Crippen MR) is 88.7 cm³/mol. The number of carbonyl (C=O) groups is 2. The van der Waals surface area contributed by atoms with Crippen LogP contribution in [0.25, 0.3) is 0 Å². The first-order valence-corrected chi connectivity index (χ1v) is 8.45. The average molecular weight is 338 g/mol. The predicted octanol–water partition coefficient (Wildman–Crippen LogP) is 3.42. The molecule has 1 unspecified atom stereocenters. The van der Waals surface area contributed by atoms with Crippen LogP contribution in [0.15, 0.2) is 35.7 Å². The first-order valence-electron chi connectivity index (χ1n) is 6.52. The van der Waals surface area contributed by atoms with E-state index in [-0.39, 0.29) is 22.7 Å². The third-order valence-electron chi connectivity index (χ3n) is 2.99. The summed E-state index contributed by atoms with van der Waals surface area (Å²) in [6.45, 7) is 1.84. The van der Waals surface area contributed by atoms with Crippen LogP contribution >= 0.6 is 23.1 Å². The van der Waals surface area contributed by atoms with E-state index >= 15 is 0 Å². The number of nitrogens with one attached hydrogen (secondary N) is 1. The van der Waals surface area contributed by atoms with E-state index in [0.717, 1.165) is 0 Å². The van der Waals surface area contributed by atoms with Crippen LogP contribution < -0.4 is 11.1 Å². The topological polar surface area (TPSA) is 72.2 Å². The summed E-state index contributed by atoms with van der Waals surface area (Å²) >= 11 is 2.56. The molecule has 0 fully saturated rings. The van der Waals surface area contributed by atoms with Gasteiger partial charge in [0.2, 0.25) is 5.91 Å². The highest BCUT2D eigenvalue weighted by atomic mass is 32.2. The second-order valence-corrected chi connectivity index (χ2v) is 6.80. The SMILES string of the molecule is CC(SCC(=O)Nc1sccc1C(N)=O)c1ccccc1F. The lowest BCUT2D eigenvalue weighted by Crippen LogP contribution is -2.18. The van der Waals surface area contributed by atoms with Gasteiger partial charge in [0.15, 0.2) is 0 Å². The monoisotopic (exact) mass is 338 g/mol. The minimum atomic E-state index is -0.580. The van der Waals surface area contributed by atoms with Crippen LogP contribution in [-0.4, -0.2) is 17.6 Å². The molecule has 0 saturated carbocycles. The number of anilines is 1. The van der Waals surface area contributed by atoms with Gasteiger partial charge in [-0.05, 0) is 24.4 Å². The van der Waals surface area contributed by atoms with Gasteiger partial charge >= 0.3 is 0 Å². The lowest BCUT2D eigenvalue weighted by molar-refractivity contribution is -0.113. The van der Waals surface area contributed by atoms with E-state index < -0.39 is 5.91 Å². The van der Waals surface area contributed by atoms with Gasteiger partial charge in [-0.25, -0.2) is 4.39 Å². The maximum absolute atomic E-state index is 13.6. The van der Waals surface area contributed by atoms with Gasteiger partial charge < -0.3 is 11.1 Å². The highest BCUT2D eigenvalue weighted by Gasteiger charge is 2.15. The van der Waals surface area contributed by atoms with Crippen LogP contribution in [0.2, 0.25) is 0 Å². The number of benzene rings is 1. The molecule has 0 spiro atoms. The number of thioether (sulfide) groups is 1.